The third kappa shape index (κ3) is 8.08. The first-order chi connectivity index (χ1) is 38.0. The number of hydrogen-bond acceptors (Lipinski definition) is 3. The number of halogens is 3. The molecule has 0 aliphatic heterocycles. The molecule has 0 radical (unpaired) electrons. The molecule has 2 aromatic heterocycles. The fourth-order valence-corrected chi connectivity index (χ4v) is 10.5. The molecule has 0 aliphatic carbocycles. The zero-order valence-electron chi connectivity index (χ0n) is 40.8. The van der Waals surface area contributed by atoms with Crippen LogP contribution in [0.25, 0.3) is 125 Å². The normalized spacial score (nSPS) is 11.2. The number of benzene rings is 10. The van der Waals surface area contributed by atoms with Gasteiger partial charge in [-0.15, -0.1) is 0 Å². The Bertz CT molecular complexity index is 4260. The average molecular weight is 1010 g/mol. The minimum absolute atomic E-state index is 0.224. The first kappa shape index (κ1) is 47.5. The topological polar surface area (TPSA) is 94.3 Å². The van der Waals surface area contributed by atoms with Crippen molar-refractivity contribution in [3.63, 3.8) is 0 Å². The lowest BCUT2D eigenvalue weighted by molar-refractivity contribution is -0.137. The fraction of sp³-hybridized carbons (Fsp3) is 0.0149. The van der Waals surface area contributed by atoms with Crippen molar-refractivity contribution in [3.8, 4) is 85.2 Å². The fourth-order valence-electron chi connectivity index (χ4n) is 10.5. The number of rotatable bonds is 7. The highest BCUT2D eigenvalue weighted by atomic mass is 19.4. The van der Waals surface area contributed by atoms with Gasteiger partial charge in [-0.1, -0.05) is 109 Å². The van der Waals surface area contributed by atoms with E-state index in [0.29, 0.717) is 61.5 Å². The molecule has 0 bridgehead atoms. The number of fused-ring (bicyclic) bond motifs is 6. The summed E-state index contributed by atoms with van der Waals surface area (Å²) in [6.45, 7) is 23.3. The number of nitrogens with zero attached hydrogens (tertiary/aromatic N) is 8. The minimum atomic E-state index is -4.71. The molecule has 10 aromatic carbocycles. The van der Waals surface area contributed by atoms with Crippen molar-refractivity contribution >= 4 is 60.7 Å². The summed E-state index contributed by atoms with van der Waals surface area (Å²) in [6.07, 6.45) is -4.71. The second-order valence-corrected chi connectivity index (χ2v) is 18.6. The molecule has 12 rings (SSSR count). The van der Waals surface area contributed by atoms with Crippen LogP contribution < -0.4 is 0 Å². The summed E-state index contributed by atoms with van der Waals surface area (Å²) in [7, 11) is 0. The van der Waals surface area contributed by atoms with Gasteiger partial charge in [-0.25, -0.2) is 14.5 Å². The van der Waals surface area contributed by atoms with Crippen LogP contribution in [-0.4, -0.2) is 9.13 Å². The molecule has 0 atom stereocenters. The third-order valence-corrected chi connectivity index (χ3v) is 14.3. The summed E-state index contributed by atoms with van der Waals surface area (Å²) >= 11 is 0. The molecule has 0 fully saturated rings. The lowest BCUT2D eigenvalue weighted by atomic mass is 9.97. The molecule has 8 nitrogen and oxygen atoms in total. The van der Waals surface area contributed by atoms with Crippen LogP contribution in [0.2, 0.25) is 0 Å². The molecular formula is C67H33F3N8. The van der Waals surface area contributed by atoms with E-state index in [1.807, 2.05) is 106 Å². The van der Waals surface area contributed by atoms with Crippen molar-refractivity contribution in [2.45, 2.75) is 6.18 Å². The van der Waals surface area contributed by atoms with E-state index in [-0.39, 0.29) is 16.8 Å². The van der Waals surface area contributed by atoms with Crippen molar-refractivity contribution < 1.29 is 13.2 Å². The van der Waals surface area contributed by atoms with E-state index in [0.717, 1.165) is 78.2 Å². The highest BCUT2D eigenvalue weighted by Crippen LogP contribution is 2.45. The zero-order chi connectivity index (χ0) is 53.8. The molecule has 0 saturated carbocycles. The molecule has 12 aromatic rings. The Morgan fingerprint density at radius 1 is 0.359 bits per heavy atom. The first-order valence-corrected chi connectivity index (χ1v) is 24.3. The smallest absolute Gasteiger partial charge is 0.308 e. The Morgan fingerprint density at radius 2 is 0.705 bits per heavy atom. The van der Waals surface area contributed by atoms with E-state index in [2.05, 4.69) is 57.0 Å². The summed E-state index contributed by atoms with van der Waals surface area (Å²) in [5, 5.41) is 34.2. The Hall–Kier alpha value is -11.5. The van der Waals surface area contributed by atoms with Gasteiger partial charge in [-0.05, 0) is 147 Å². The van der Waals surface area contributed by atoms with Crippen LogP contribution in [0.4, 0.5) is 30.2 Å². The van der Waals surface area contributed by atoms with Crippen molar-refractivity contribution in [1.82, 2.24) is 9.13 Å². The van der Waals surface area contributed by atoms with Crippen LogP contribution in [0.3, 0.4) is 0 Å². The molecule has 2 heterocycles. The quantitative estimate of drug-likeness (QED) is 0.149. The molecule has 11 heteroatoms. The van der Waals surface area contributed by atoms with Crippen LogP contribution >= 0.6 is 0 Å². The summed E-state index contributed by atoms with van der Waals surface area (Å²) < 4.78 is 46.9. The van der Waals surface area contributed by atoms with E-state index in [1.54, 1.807) is 60.7 Å². The van der Waals surface area contributed by atoms with E-state index in [1.165, 1.54) is 6.07 Å². The summed E-state index contributed by atoms with van der Waals surface area (Å²) in [5.74, 6) is 0. The van der Waals surface area contributed by atoms with Gasteiger partial charge in [0.25, 0.3) is 0 Å². The highest BCUT2D eigenvalue weighted by Gasteiger charge is 2.32. The van der Waals surface area contributed by atoms with Gasteiger partial charge >= 0.3 is 6.18 Å². The first-order valence-electron chi connectivity index (χ1n) is 24.3. The second kappa shape index (κ2) is 18.8. The van der Waals surface area contributed by atoms with Gasteiger partial charge in [-0.2, -0.15) is 29.0 Å². The van der Waals surface area contributed by atoms with Gasteiger partial charge in [-0.3, -0.25) is 0 Å². The van der Waals surface area contributed by atoms with E-state index in [4.69, 9.17) is 19.7 Å². The predicted molar refractivity (Wildman–Crippen MR) is 300 cm³/mol. The van der Waals surface area contributed by atoms with Crippen LogP contribution in [0, 0.1) is 53.7 Å². The van der Waals surface area contributed by atoms with Crippen LogP contribution in [-0.2, 0) is 6.18 Å². The maximum atomic E-state index is 14.3. The average Bonchev–Trinajstić information content (AvgIpc) is 4.10. The maximum absolute atomic E-state index is 14.3. The Kier molecular flexibility index (Phi) is 11.4. The van der Waals surface area contributed by atoms with Crippen molar-refractivity contribution in [2.24, 2.45) is 0 Å². The van der Waals surface area contributed by atoms with Crippen molar-refractivity contribution in [1.29, 1.82) is 15.8 Å². The summed E-state index contributed by atoms with van der Waals surface area (Å²) in [4.78, 5) is 10.8. The maximum Gasteiger partial charge on any atom is 0.415 e. The molecule has 0 N–H and O–H groups in total. The van der Waals surface area contributed by atoms with Crippen LogP contribution in [0.15, 0.2) is 200 Å². The molecule has 78 heavy (non-hydrogen) atoms. The molecular weight excluding hydrogens is 974 g/mol. The predicted octanol–water partition coefficient (Wildman–Crippen LogP) is 18.5. The Morgan fingerprint density at radius 3 is 1.01 bits per heavy atom. The number of nitriles is 3. The molecule has 0 unspecified atom stereocenters. The third-order valence-electron chi connectivity index (χ3n) is 14.3. The summed E-state index contributed by atoms with van der Waals surface area (Å²) in [6, 6.07) is 66.9. The van der Waals surface area contributed by atoms with Gasteiger partial charge in [0, 0.05) is 27.1 Å². The number of alkyl halides is 3. The van der Waals surface area contributed by atoms with Gasteiger partial charge < -0.3 is 9.13 Å². The molecule has 0 saturated heterocycles. The van der Waals surface area contributed by atoms with Crippen LogP contribution in [0.1, 0.15) is 22.3 Å². The standard InChI is InChI=1S/C67H33F3N8/c1-74-52-21-12-44(13-22-52)48-18-28-63-57(32-48)58-33-49(45-14-23-53(75-2)24-15-45)19-29-64(58)78(63)66-35-50(54-25-20-51(67(68,69)70)36-60(54)76-3)34-65(59(66)39-73)77-61-26-16-46(42-8-4-40(37-71)5-9-42)30-55(61)56-31-47(17-27-62(56)77)43-10-6-41(38-72)7-11-43/h4-36H. The van der Waals surface area contributed by atoms with Crippen molar-refractivity contribution in [3.05, 3.63) is 257 Å². The molecule has 0 amide bonds. The van der Waals surface area contributed by atoms with Gasteiger partial charge in [0.05, 0.1) is 76.4 Å². The SMILES string of the molecule is [C-]#[N+]c1ccc(-c2ccc3c(c2)c2cc(-c4ccc([N+]#[C-])cc4)ccc2n3-c2cc(-c3ccc(C(F)(F)F)cc3[N+]#[C-])cc(-n3c4ccc(-c5ccc(C#N)cc5)cc4c4cc(-c5ccc(C#N)cc5)ccc43)c2C#N)cc1. The molecule has 362 valence electrons. The van der Waals surface area contributed by atoms with Gasteiger partial charge in [0.1, 0.15) is 11.6 Å². The second-order valence-electron chi connectivity index (χ2n) is 18.6. The van der Waals surface area contributed by atoms with Crippen LogP contribution in [0.5, 0.6) is 0 Å². The summed E-state index contributed by atoms with van der Waals surface area (Å²) in [5.41, 5.74) is 12.3. The van der Waals surface area contributed by atoms with E-state index >= 15 is 0 Å². The number of aromatic nitrogens is 2. The lowest BCUT2D eigenvalue weighted by Gasteiger charge is -2.19. The van der Waals surface area contributed by atoms with Gasteiger partial charge in [0.2, 0.25) is 0 Å². The van der Waals surface area contributed by atoms with Gasteiger partial charge in [0.15, 0.2) is 17.1 Å². The number of hydrogen-bond donors (Lipinski definition) is 0. The molecule has 0 spiro atoms. The Balaban J connectivity index is 1.18. The van der Waals surface area contributed by atoms with E-state index < -0.39 is 11.7 Å². The van der Waals surface area contributed by atoms with Crippen molar-refractivity contribution in [2.75, 3.05) is 0 Å². The monoisotopic (exact) mass is 1010 g/mol. The lowest BCUT2D eigenvalue weighted by Crippen LogP contribution is -2.06. The largest absolute Gasteiger partial charge is 0.415 e. The Labute approximate surface area is 444 Å². The molecule has 0 aliphatic rings. The minimum Gasteiger partial charge on any atom is -0.308 e. The van der Waals surface area contributed by atoms with E-state index in [9.17, 15) is 29.0 Å². The zero-order valence-corrected chi connectivity index (χ0v) is 40.8. The highest BCUT2D eigenvalue weighted by molar-refractivity contribution is 6.14.